The monoisotopic (exact) mass is 336 g/mol. The lowest BCUT2D eigenvalue weighted by molar-refractivity contribution is -0.139. The van der Waals surface area contributed by atoms with Crippen molar-refractivity contribution < 1.29 is 18.7 Å². The summed E-state index contributed by atoms with van der Waals surface area (Å²) in [5.41, 5.74) is -0.228. The van der Waals surface area contributed by atoms with E-state index in [9.17, 15) is 18.8 Å². The Labute approximate surface area is 135 Å². The highest BCUT2D eigenvalue weighted by Gasteiger charge is 2.13. The number of H-pyrrole nitrogens is 1. The molecule has 1 aromatic carbocycles. The minimum absolute atomic E-state index is 0.0203. The average Bonchev–Trinajstić information content (AvgIpc) is 2.52. The number of carbonyl (C=O) groups excluding carboxylic acids is 2. The van der Waals surface area contributed by atoms with E-state index in [-0.39, 0.29) is 28.6 Å². The number of aromatic amines is 1. The fourth-order valence-electron chi connectivity index (χ4n) is 1.76. The highest BCUT2D eigenvalue weighted by atomic mass is 32.2. The number of aromatic nitrogens is 2. The van der Waals surface area contributed by atoms with Gasteiger partial charge in [-0.1, -0.05) is 23.9 Å². The van der Waals surface area contributed by atoms with Gasteiger partial charge in [0.2, 0.25) is 0 Å². The van der Waals surface area contributed by atoms with Crippen LogP contribution in [0, 0.1) is 5.82 Å². The summed E-state index contributed by atoms with van der Waals surface area (Å²) in [6, 6.07) is 6.84. The Morgan fingerprint density at radius 2 is 2.09 bits per heavy atom. The molecule has 1 N–H and O–H groups in total. The van der Waals surface area contributed by atoms with E-state index in [1.54, 1.807) is 6.07 Å². The van der Waals surface area contributed by atoms with Gasteiger partial charge in [0.15, 0.2) is 10.9 Å². The second-order valence-electron chi connectivity index (χ2n) is 4.49. The van der Waals surface area contributed by atoms with Gasteiger partial charge in [-0.25, -0.2) is 9.37 Å². The number of rotatable bonds is 6. The molecule has 1 heterocycles. The molecule has 0 spiro atoms. The molecule has 0 unspecified atom stereocenters. The lowest BCUT2D eigenvalue weighted by Crippen LogP contribution is -2.14. The highest BCUT2D eigenvalue weighted by molar-refractivity contribution is 7.99. The van der Waals surface area contributed by atoms with Crippen molar-refractivity contribution in [3.8, 4) is 0 Å². The Bertz CT molecular complexity index is 791. The molecule has 0 saturated carbocycles. The van der Waals surface area contributed by atoms with Crippen LogP contribution in [0.5, 0.6) is 0 Å². The van der Waals surface area contributed by atoms with Crippen molar-refractivity contribution in [3.63, 3.8) is 0 Å². The van der Waals surface area contributed by atoms with Crippen LogP contribution in [0.2, 0.25) is 0 Å². The highest BCUT2D eigenvalue weighted by Crippen LogP contribution is 2.16. The van der Waals surface area contributed by atoms with Gasteiger partial charge in [-0.15, -0.1) is 0 Å². The summed E-state index contributed by atoms with van der Waals surface area (Å²) < 4.78 is 18.0. The lowest BCUT2D eigenvalue weighted by Gasteiger charge is -2.04. The van der Waals surface area contributed by atoms with Crippen molar-refractivity contribution in [3.05, 3.63) is 57.8 Å². The Morgan fingerprint density at radius 3 is 2.78 bits per heavy atom. The summed E-state index contributed by atoms with van der Waals surface area (Å²) >= 11 is 0.960. The standard InChI is InChI=1S/C15H13FN2O4S/c1-22-14(21)7-9-6-13(20)18-15(17-9)23-8-12(19)10-4-2-3-5-11(10)16/h2-6H,7-8H2,1H3,(H,17,18,20). The molecule has 0 aliphatic rings. The fraction of sp³-hybridized carbons (Fsp3) is 0.200. The van der Waals surface area contributed by atoms with Crippen LogP contribution >= 0.6 is 11.8 Å². The quantitative estimate of drug-likeness (QED) is 0.373. The molecule has 2 aromatic rings. The van der Waals surface area contributed by atoms with E-state index in [0.717, 1.165) is 11.8 Å². The molecule has 0 saturated heterocycles. The molecule has 8 heteroatoms. The molecule has 23 heavy (non-hydrogen) atoms. The van der Waals surface area contributed by atoms with Crippen LogP contribution in [0.25, 0.3) is 0 Å². The Hall–Kier alpha value is -2.48. The Balaban J connectivity index is 2.08. The number of ketones is 1. The van der Waals surface area contributed by atoms with Gasteiger partial charge in [-0.3, -0.25) is 14.4 Å². The van der Waals surface area contributed by atoms with Gasteiger partial charge < -0.3 is 9.72 Å². The third-order valence-corrected chi connectivity index (χ3v) is 3.71. The third-order valence-electron chi connectivity index (χ3n) is 2.84. The third kappa shape index (κ3) is 4.75. The summed E-state index contributed by atoms with van der Waals surface area (Å²) in [5.74, 6) is -1.64. The number of thioether (sulfide) groups is 1. The first kappa shape index (κ1) is 16.9. The van der Waals surface area contributed by atoms with Crippen molar-refractivity contribution >= 4 is 23.5 Å². The van der Waals surface area contributed by atoms with Gasteiger partial charge >= 0.3 is 5.97 Å². The minimum Gasteiger partial charge on any atom is -0.469 e. The van der Waals surface area contributed by atoms with Crippen LogP contribution in [-0.4, -0.2) is 34.6 Å². The number of esters is 1. The minimum atomic E-state index is -0.598. The molecule has 0 atom stereocenters. The number of hydrogen-bond acceptors (Lipinski definition) is 6. The molecule has 0 aliphatic heterocycles. The summed E-state index contributed by atoms with van der Waals surface area (Å²) in [6.45, 7) is 0. The smallest absolute Gasteiger partial charge is 0.311 e. The maximum absolute atomic E-state index is 13.5. The first-order valence-corrected chi connectivity index (χ1v) is 7.55. The van der Waals surface area contributed by atoms with Crippen molar-refractivity contribution in [2.75, 3.05) is 12.9 Å². The van der Waals surface area contributed by atoms with Crippen molar-refractivity contribution in [1.82, 2.24) is 9.97 Å². The van der Waals surface area contributed by atoms with E-state index < -0.39 is 23.1 Å². The van der Waals surface area contributed by atoms with Crippen molar-refractivity contribution in [2.24, 2.45) is 0 Å². The molecule has 6 nitrogen and oxygen atoms in total. The summed E-state index contributed by atoms with van der Waals surface area (Å²) in [7, 11) is 1.23. The molecular weight excluding hydrogens is 323 g/mol. The second-order valence-corrected chi connectivity index (χ2v) is 5.45. The van der Waals surface area contributed by atoms with E-state index in [4.69, 9.17) is 0 Å². The maximum Gasteiger partial charge on any atom is 0.311 e. The van der Waals surface area contributed by atoms with Crippen molar-refractivity contribution in [1.29, 1.82) is 0 Å². The van der Waals surface area contributed by atoms with Gasteiger partial charge in [0.25, 0.3) is 5.56 Å². The summed E-state index contributed by atoms with van der Waals surface area (Å²) in [5, 5.41) is 0.182. The number of Topliss-reactive ketones (excluding diaryl/α,β-unsaturated/α-hetero) is 1. The summed E-state index contributed by atoms with van der Waals surface area (Å²) in [6.07, 6.45) is -0.144. The zero-order chi connectivity index (χ0) is 16.8. The summed E-state index contributed by atoms with van der Waals surface area (Å²) in [4.78, 5) is 41.3. The van der Waals surface area contributed by atoms with Crippen LogP contribution in [0.15, 0.2) is 40.3 Å². The van der Waals surface area contributed by atoms with E-state index in [1.807, 2.05) is 0 Å². The fourth-order valence-corrected chi connectivity index (χ4v) is 2.54. The number of carbonyl (C=O) groups is 2. The molecule has 2 rings (SSSR count). The van der Waals surface area contributed by atoms with Crippen LogP contribution in [0.3, 0.4) is 0 Å². The number of halogens is 1. The number of hydrogen-bond donors (Lipinski definition) is 1. The van der Waals surface area contributed by atoms with Crippen LogP contribution in [0.1, 0.15) is 16.1 Å². The largest absolute Gasteiger partial charge is 0.469 e. The normalized spacial score (nSPS) is 10.3. The molecule has 0 aliphatic carbocycles. The lowest BCUT2D eigenvalue weighted by atomic mass is 10.1. The van der Waals surface area contributed by atoms with E-state index in [1.165, 1.54) is 31.4 Å². The molecule has 0 amide bonds. The van der Waals surface area contributed by atoms with Gasteiger partial charge in [-0.05, 0) is 12.1 Å². The van der Waals surface area contributed by atoms with Gasteiger partial charge in [0.1, 0.15) is 5.82 Å². The van der Waals surface area contributed by atoms with E-state index in [2.05, 4.69) is 14.7 Å². The predicted octanol–water partition coefficient (Wildman–Crippen LogP) is 1.60. The van der Waals surface area contributed by atoms with Gasteiger partial charge in [-0.2, -0.15) is 0 Å². The number of ether oxygens (including phenoxy) is 1. The van der Waals surface area contributed by atoms with Crippen LogP contribution in [-0.2, 0) is 16.0 Å². The Kier molecular flexibility index (Phi) is 5.64. The van der Waals surface area contributed by atoms with E-state index >= 15 is 0 Å². The average molecular weight is 336 g/mol. The first-order chi connectivity index (χ1) is 11.0. The van der Waals surface area contributed by atoms with Gasteiger partial charge in [0.05, 0.1) is 30.5 Å². The molecule has 0 fully saturated rings. The zero-order valence-electron chi connectivity index (χ0n) is 12.2. The number of benzene rings is 1. The topological polar surface area (TPSA) is 89.1 Å². The van der Waals surface area contributed by atoms with Crippen LogP contribution < -0.4 is 5.56 Å². The second kappa shape index (κ2) is 7.68. The van der Waals surface area contributed by atoms with E-state index in [0.29, 0.717) is 0 Å². The number of nitrogens with zero attached hydrogens (tertiary/aromatic N) is 1. The SMILES string of the molecule is COC(=O)Cc1cc(=O)[nH]c(SCC(=O)c2ccccc2F)n1. The molecule has 0 radical (unpaired) electrons. The number of nitrogens with one attached hydrogen (secondary N) is 1. The molecular formula is C15H13FN2O4S. The van der Waals surface area contributed by atoms with Gasteiger partial charge in [0, 0.05) is 6.07 Å². The molecule has 120 valence electrons. The predicted molar refractivity (Wildman–Crippen MR) is 82.0 cm³/mol. The number of methoxy groups -OCH3 is 1. The zero-order valence-corrected chi connectivity index (χ0v) is 13.0. The molecule has 0 bridgehead atoms. The van der Waals surface area contributed by atoms with Crippen LogP contribution in [0.4, 0.5) is 4.39 Å². The molecule has 1 aromatic heterocycles. The first-order valence-electron chi connectivity index (χ1n) is 6.57. The maximum atomic E-state index is 13.5. The van der Waals surface area contributed by atoms with Crippen molar-refractivity contribution in [2.45, 2.75) is 11.6 Å². The Morgan fingerprint density at radius 1 is 1.35 bits per heavy atom.